The van der Waals surface area contributed by atoms with Gasteiger partial charge in [0.1, 0.15) is 16.9 Å². The lowest BCUT2D eigenvalue weighted by molar-refractivity contribution is -0.120. The molecule has 3 aromatic carbocycles. The summed E-state index contributed by atoms with van der Waals surface area (Å²) in [7, 11) is 1.62. The largest absolute Gasteiger partial charge is 0.496 e. The maximum Gasteiger partial charge on any atom is 0.340 e. The second-order valence-electron chi connectivity index (χ2n) is 8.58. The number of amides is 1. The molecule has 0 saturated heterocycles. The minimum absolute atomic E-state index is 0.0660. The van der Waals surface area contributed by atoms with E-state index in [9.17, 15) is 9.59 Å². The highest BCUT2D eigenvalue weighted by Gasteiger charge is 2.18. The van der Waals surface area contributed by atoms with Gasteiger partial charge in [-0.2, -0.15) is 0 Å². The van der Waals surface area contributed by atoms with Crippen molar-refractivity contribution in [1.82, 2.24) is 5.32 Å². The summed E-state index contributed by atoms with van der Waals surface area (Å²) in [4.78, 5) is 25.4. The van der Waals surface area contributed by atoms with E-state index in [-0.39, 0.29) is 12.3 Å². The number of fused-ring (bicyclic) bond motifs is 2. The number of ether oxygens (including phenoxy) is 1. The van der Waals surface area contributed by atoms with Crippen LogP contribution in [-0.2, 0) is 17.6 Å². The zero-order valence-corrected chi connectivity index (χ0v) is 20.6. The predicted molar refractivity (Wildman–Crippen MR) is 141 cm³/mol. The number of furan rings is 1. The minimum Gasteiger partial charge on any atom is -0.496 e. The van der Waals surface area contributed by atoms with E-state index in [0.717, 1.165) is 33.2 Å². The van der Waals surface area contributed by atoms with Crippen molar-refractivity contribution in [3.63, 3.8) is 0 Å². The third kappa shape index (κ3) is 4.60. The van der Waals surface area contributed by atoms with Gasteiger partial charge in [-0.3, -0.25) is 4.79 Å². The molecule has 1 amide bonds. The first-order chi connectivity index (χ1) is 17.4. The predicted octanol–water partition coefficient (Wildman–Crippen LogP) is 6.08. The second kappa shape index (κ2) is 9.91. The molecule has 0 unspecified atom stereocenters. The van der Waals surface area contributed by atoms with Crippen molar-refractivity contribution in [1.29, 1.82) is 0 Å². The van der Waals surface area contributed by atoms with Gasteiger partial charge in [0.25, 0.3) is 0 Å². The van der Waals surface area contributed by atoms with Gasteiger partial charge in [-0.15, -0.1) is 0 Å². The van der Waals surface area contributed by atoms with Crippen LogP contribution < -0.4 is 15.7 Å². The maximum absolute atomic E-state index is 12.8. The van der Waals surface area contributed by atoms with Gasteiger partial charge in [0.15, 0.2) is 0 Å². The zero-order chi connectivity index (χ0) is 25.2. The molecule has 0 aliphatic rings. The number of halogens is 1. The number of aryl methyl sites for hydroxylation is 1. The number of carbonyl (C=O) groups excluding carboxylic acids is 1. The molecule has 36 heavy (non-hydrogen) atoms. The number of para-hydroxylation sites is 1. The number of rotatable bonds is 7. The van der Waals surface area contributed by atoms with E-state index in [4.69, 9.17) is 25.2 Å². The molecule has 2 heterocycles. The van der Waals surface area contributed by atoms with Gasteiger partial charge in [0.2, 0.25) is 5.91 Å². The van der Waals surface area contributed by atoms with Crippen molar-refractivity contribution in [3.8, 4) is 16.9 Å². The maximum atomic E-state index is 12.8. The Morgan fingerprint density at radius 3 is 2.58 bits per heavy atom. The molecule has 0 fully saturated rings. The van der Waals surface area contributed by atoms with Gasteiger partial charge in [0, 0.05) is 34.0 Å². The normalized spacial score (nSPS) is 11.2. The van der Waals surface area contributed by atoms with Crippen molar-refractivity contribution >= 4 is 39.4 Å². The summed E-state index contributed by atoms with van der Waals surface area (Å²) >= 11 is 6.04. The Labute approximate surface area is 212 Å². The summed E-state index contributed by atoms with van der Waals surface area (Å²) in [6, 6.07) is 18.8. The second-order valence-corrected chi connectivity index (χ2v) is 9.02. The Morgan fingerprint density at radius 1 is 1.03 bits per heavy atom. The Bertz CT molecular complexity index is 1630. The average Bonchev–Trinajstić information content (AvgIpc) is 3.29. The molecule has 5 aromatic rings. The first-order valence-electron chi connectivity index (χ1n) is 11.6. The van der Waals surface area contributed by atoms with Crippen LogP contribution in [0.15, 0.2) is 80.6 Å². The summed E-state index contributed by atoms with van der Waals surface area (Å²) in [5.41, 5.74) is 4.43. The molecule has 5 rings (SSSR count). The number of methoxy groups -OCH3 is 1. The van der Waals surface area contributed by atoms with E-state index in [1.165, 1.54) is 0 Å². The first-order valence-corrected chi connectivity index (χ1v) is 11.9. The van der Waals surface area contributed by atoms with E-state index in [1.807, 2.05) is 61.5 Å². The molecule has 0 bridgehead atoms. The van der Waals surface area contributed by atoms with Crippen LogP contribution in [0.2, 0.25) is 5.02 Å². The van der Waals surface area contributed by atoms with E-state index < -0.39 is 5.63 Å². The quantitative estimate of drug-likeness (QED) is 0.273. The SMILES string of the molecule is COc1ccccc1CCNC(=O)Cc1c(C)c2cc3c(-c4ccc(Cl)cc4)coc3cc2oc1=O. The highest BCUT2D eigenvalue weighted by molar-refractivity contribution is 6.30. The van der Waals surface area contributed by atoms with Crippen LogP contribution in [0.3, 0.4) is 0 Å². The molecule has 0 radical (unpaired) electrons. The van der Waals surface area contributed by atoms with E-state index in [0.29, 0.717) is 40.3 Å². The summed E-state index contributed by atoms with van der Waals surface area (Å²) in [6.07, 6.45) is 2.23. The number of hydrogen-bond acceptors (Lipinski definition) is 5. The zero-order valence-electron chi connectivity index (χ0n) is 19.9. The van der Waals surface area contributed by atoms with Crippen LogP contribution >= 0.6 is 11.6 Å². The monoisotopic (exact) mass is 501 g/mol. The van der Waals surface area contributed by atoms with Crippen LogP contribution in [0.5, 0.6) is 5.75 Å². The fourth-order valence-electron chi connectivity index (χ4n) is 4.44. The summed E-state index contributed by atoms with van der Waals surface area (Å²) in [5, 5.41) is 5.19. The average molecular weight is 502 g/mol. The molecule has 7 heteroatoms. The highest BCUT2D eigenvalue weighted by Crippen LogP contribution is 2.35. The Hall–Kier alpha value is -4.03. The van der Waals surface area contributed by atoms with Crippen LogP contribution in [0.4, 0.5) is 0 Å². The Balaban J connectivity index is 1.40. The lowest BCUT2D eigenvalue weighted by Crippen LogP contribution is -2.29. The highest BCUT2D eigenvalue weighted by atomic mass is 35.5. The fourth-order valence-corrected chi connectivity index (χ4v) is 4.56. The molecule has 0 aliphatic carbocycles. The molecule has 0 saturated carbocycles. The third-order valence-corrected chi connectivity index (χ3v) is 6.63. The third-order valence-electron chi connectivity index (χ3n) is 6.38. The van der Waals surface area contributed by atoms with Gasteiger partial charge >= 0.3 is 5.63 Å². The molecular formula is C29H24ClNO5. The number of carbonyl (C=O) groups is 1. The molecule has 1 N–H and O–H groups in total. The number of benzene rings is 3. The van der Waals surface area contributed by atoms with E-state index in [2.05, 4.69) is 5.32 Å². The molecule has 0 aliphatic heterocycles. The van der Waals surface area contributed by atoms with Gasteiger partial charge in [-0.25, -0.2) is 4.79 Å². The fraction of sp³-hybridized carbons (Fsp3) is 0.172. The molecule has 0 atom stereocenters. The van der Waals surface area contributed by atoms with E-state index >= 15 is 0 Å². The van der Waals surface area contributed by atoms with Crippen molar-refractivity contribution in [2.45, 2.75) is 19.8 Å². The van der Waals surface area contributed by atoms with Crippen LogP contribution in [-0.4, -0.2) is 19.6 Å². The van der Waals surface area contributed by atoms with Crippen molar-refractivity contribution in [3.05, 3.63) is 99.1 Å². The lowest BCUT2D eigenvalue weighted by atomic mass is 9.99. The first kappa shape index (κ1) is 23.7. The summed E-state index contributed by atoms with van der Waals surface area (Å²) in [6.45, 7) is 2.27. The topological polar surface area (TPSA) is 81.7 Å². The molecular weight excluding hydrogens is 478 g/mol. The summed E-state index contributed by atoms with van der Waals surface area (Å²) < 4.78 is 16.7. The molecule has 182 valence electrons. The number of nitrogens with one attached hydrogen (secondary N) is 1. The van der Waals surface area contributed by atoms with E-state index in [1.54, 1.807) is 19.4 Å². The number of hydrogen-bond donors (Lipinski definition) is 1. The minimum atomic E-state index is -0.524. The smallest absolute Gasteiger partial charge is 0.340 e. The molecule has 2 aromatic heterocycles. The van der Waals surface area contributed by atoms with Crippen LogP contribution in [0.1, 0.15) is 16.7 Å². The lowest BCUT2D eigenvalue weighted by Gasteiger charge is -2.10. The molecule has 6 nitrogen and oxygen atoms in total. The van der Waals surface area contributed by atoms with Gasteiger partial charge in [-0.05, 0) is 54.3 Å². The standard InChI is InChI=1S/C29H24ClNO5/c1-17-21-13-23-24(18-7-9-20(30)10-8-18)16-35-26(23)15-27(21)36-29(33)22(17)14-28(32)31-12-11-19-5-3-4-6-25(19)34-2/h3-10,13,15-16H,11-12,14H2,1-2H3,(H,31,32). The van der Waals surface area contributed by atoms with Crippen LogP contribution in [0, 0.1) is 6.92 Å². The van der Waals surface area contributed by atoms with Gasteiger partial charge in [-0.1, -0.05) is 41.9 Å². The Morgan fingerprint density at radius 2 is 1.81 bits per heavy atom. The van der Waals surface area contributed by atoms with Crippen LogP contribution in [0.25, 0.3) is 33.1 Å². The van der Waals surface area contributed by atoms with Gasteiger partial charge in [0.05, 0.1) is 25.4 Å². The van der Waals surface area contributed by atoms with Crippen molar-refractivity contribution in [2.24, 2.45) is 0 Å². The van der Waals surface area contributed by atoms with Crippen molar-refractivity contribution < 1.29 is 18.4 Å². The van der Waals surface area contributed by atoms with Gasteiger partial charge < -0.3 is 18.9 Å². The van der Waals surface area contributed by atoms with Crippen molar-refractivity contribution in [2.75, 3.05) is 13.7 Å². The molecule has 0 spiro atoms. The Kier molecular flexibility index (Phi) is 6.53. The summed E-state index contributed by atoms with van der Waals surface area (Å²) in [5.74, 6) is 0.534.